The van der Waals surface area contributed by atoms with Gasteiger partial charge in [-0.25, -0.2) is 4.79 Å². The lowest BCUT2D eigenvalue weighted by Gasteiger charge is -2.07. The Labute approximate surface area is 190 Å². The number of nitrogens with zero attached hydrogens (tertiary/aromatic N) is 2. The summed E-state index contributed by atoms with van der Waals surface area (Å²) in [5.41, 5.74) is 2.80. The van der Waals surface area contributed by atoms with E-state index in [-0.39, 0.29) is 17.3 Å². The van der Waals surface area contributed by atoms with E-state index in [4.69, 9.17) is 4.74 Å². The molecule has 0 spiro atoms. The van der Waals surface area contributed by atoms with Crippen molar-refractivity contribution in [2.24, 2.45) is 0 Å². The van der Waals surface area contributed by atoms with Crippen LogP contribution < -0.4 is 5.32 Å². The number of anilines is 1. The van der Waals surface area contributed by atoms with Gasteiger partial charge in [0.25, 0.3) is 5.91 Å². The normalized spacial score (nSPS) is 10.4. The van der Waals surface area contributed by atoms with Crippen molar-refractivity contribution in [1.29, 1.82) is 0 Å². The number of hydrogen-bond donors (Lipinski definition) is 1. The molecule has 0 atom stereocenters. The van der Waals surface area contributed by atoms with E-state index in [0.717, 1.165) is 5.56 Å². The summed E-state index contributed by atoms with van der Waals surface area (Å²) in [6.45, 7) is 0.138. The van der Waals surface area contributed by atoms with E-state index in [9.17, 15) is 14.4 Å². The van der Waals surface area contributed by atoms with Gasteiger partial charge in [0.05, 0.1) is 18.3 Å². The molecule has 0 saturated carbocycles. The molecule has 1 heterocycles. The lowest BCUT2D eigenvalue weighted by Crippen LogP contribution is -2.14. The molecule has 0 radical (unpaired) electrons. The first-order chi connectivity index (χ1) is 16.1. The lowest BCUT2D eigenvalue weighted by atomic mass is 10.1. The zero-order valence-corrected chi connectivity index (χ0v) is 17.7. The number of carbonyl (C=O) groups is 3. The van der Waals surface area contributed by atoms with Gasteiger partial charge in [0, 0.05) is 23.0 Å². The van der Waals surface area contributed by atoms with Crippen molar-refractivity contribution in [2.75, 3.05) is 11.9 Å². The molecule has 3 aromatic carbocycles. The van der Waals surface area contributed by atoms with Gasteiger partial charge in [-0.3, -0.25) is 14.3 Å². The van der Waals surface area contributed by atoms with Gasteiger partial charge in [0.15, 0.2) is 12.4 Å². The van der Waals surface area contributed by atoms with Crippen LogP contribution in [0.4, 0.5) is 5.69 Å². The maximum atomic E-state index is 12.4. The first kappa shape index (κ1) is 21.7. The predicted molar refractivity (Wildman–Crippen MR) is 123 cm³/mol. The maximum absolute atomic E-state index is 12.4. The zero-order chi connectivity index (χ0) is 23.0. The third-order valence-electron chi connectivity index (χ3n) is 4.89. The highest BCUT2D eigenvalue weighted by molar-refractivity contribution is 6.04. The van der Waals surface area contributed by atoms with E-state index in [0.29, 0.717) is 23.4 Å². The Morgan fingerprint density at radius 1 is 0.788 bits per heavy atom. The predicted octanol–water partition coefficient (Wildman–Crippen LogP) is 4.22. The zero-order valence-electron chi connectivity index (χ0n) is 17.7. The first-order valence-electron chi connectivity index (χ1n) is 10.3. The number of carbonyl (C=O) groups excluding carboxylic acids is 3. The van der Waals surface area contributed by atoms with Gasteiger partial charge in [0.2, 0.25) is 0 Å². The Bertz CT molecular complexity index is 1250. The smallest absolute Gasteiger partial charge is 0.341 e. The molecule has 7 heteroatoms. The molecule has 7 nitrogen and oxygen atoms in total. The number of amides is 1. The average Bonchev–Trinajstić information content (AvgIpc) is 3.32. The molecule has 0 saturated heterocycles. The lowest BCUT2D eigenvalue weighted by molar-refractivity contribution is 0.0474. The van der Waals surface area contributed by atoms with Crippen LogP contribution in [0.3, 0.4) is 0 Å². The highest BCUT2D eigenvalue weighted by atomic mass is 16.5. The third-order valence-corrected chi connectivity index (χ3v) is 4.89. The monoisotopic (exact) mass is 439 g/mol. The molecule has 0 aliphatic rings. The summed E-state index contributed by atoms with van der Waals surface area (Å²) in [7, 11) is 0. The molecule has 164 valence electrons. The number of Topliss-reactive ketones (excluding diaryl/α,β-unsaturated/α-hetero) is 1. The van der Waals surface area contributed by atoms with Crippen LogP contribution in [-0.4, -0.2) is 34.0 Å². The molecule has 33 heavy (non-hydrogen) atoms. The van der Waals surface area contributed by atoms with Crippen LogP contribution in [0.15, 0.2) is 97.3 Å². The minimum atomic E-state index is -0.616. The second-order valence-corrected chi connectivity index (χ2v) is 7.31. The van der Waals surface area contributed by atoms with Crippen LogP contribution in [0.2, 0.25) is 0 Å². The summed E-state index contributed by atoms with van der Waals surface area (Å²) in [5, 5.41) is 6.94. The van der Waals surface area contributed by atoms with Gasteiger partial charge in [-0.15, -0.1) is 0 Å². The van der Waals surface area contributed by atoms with E-state index < -0.39 is 12.6 Å². The van der Waals surface area contributed by atoms with E-state index in [1.54, 1.807) is 59.4 Å². The number of aromatic nitrogens is 2. The topological polar surface area (TPSA) is 90.3 Å². The number of benzene rings is 3. The molecular formula is C26H21N3O4. The van der Waals surface area contributed by atoms with Gasteiger partial charge < -0.3 is 10.1 Å². The minimum Gasteiger partial charge on any atom is -0.454 e. The molecule has 4 rings (SSSR count). The van der Waals surface area contributed by atoms with Gasteiger partial charge >= 0.3 is 5.97 Å². The Balaban J connectivity index is 1.29. The Hall–Kier alpha value is -4.52. The minimum absolute atomic E-state index is 0.239. The van der Waals surface area contributed by atoms with Gasteiger partial charge in [-0.1, -0.05) is 48.5 Å². The molecule has 0 bridgehead atoms. The Morgan fingerprint density at radius 3 is 2.15 bits per heavy atom. The number of esters is 1. The average molecular weight is 439 g/mol. The van der Waals surface area contributed by atoms with Crippen LogP contribution in [-0.2, 0) is 11.3 Å². The number of rotatable bonds is 8. The SMILES string of the molecule is O=C(COC(=O)c1cnn(Cc2ccccc2)c1)c1ccc(NC(=O)c2ccccc2)cc1. The van der Waals surface area contributed by atoms with E-state index in [2.05, 4.69) is 10.4 Å². The third kappa shape index (κ3) is 5.80. The molecule has 0 fully saturated rings. The Morgan fingerprint density at radius 2 is 1.45 bits per heavy atom. The number of ketones is 1. The fourth-order valence-electron chi connectivity index (χ4n) is 3.16. The number of ether oxygens (including phenoxy) is 1. The standard InChI is InChI=1S/C26H21N3O4/c30-24(20-11-13-23(14-12-20)28-25(31)21-9-5-2-6-10-21)18-33-26(32)22-15-27-29(17-22)16-19-7-3-1-4-8-19/h1-15,17H,16,18H2,(H,28,31). The van der Waals surface area contributed by atoms with Crippen molar-refractivity contribution in [3.8, 4) is 0 Å². The second kappa shape index (κ2) is 10.2. The summed E-state index contributed by atoms with van der Waals surface area (Å²) in [5.74, 6) is -1.20. The molecule has 0 unspecified atom stereocenters. The highest BCUT2D eigenvalue weighted by Gasteiger charge is 2.14. The van der Waals surface area contributed by atoms with Crippen molar-refractivity contribution in [3.63, 3.8) is 0 Å². The van der Waals surface area contributed by atoms with Crippen molar-refractivity contribution >= 4 is 23.3 Å². The summed E-state index contributed by atoms with van der Waals surface area (Å²) in [4.78, 5) is 36.9. The summed E-state index contributed by atoms with van der Waals surface area (Å²) in [6, 6.07) is 25.0. The highest BCUT2D eigenvalue weighted by Crippen LogP contribution is 2.13. The van der Waals surface area contributed by atoms with Crippen LogP contribution in [0.1, 0.15) is 36.6 Å². The Kier molecular flexibility index (Phi) is 6.70. The van der Waals surface area contributed by atoms with E-state index >= 15 is 0 Å². The van der Waals surface area contributed by atoms with Crippen LogP contribution >= 0.6 is 0 Å². The first-order valence-corrected chi connectivity index (χ1v) is 10.3. The summed E-state index contributed by atoms with van der Waals surface area (Å²) in [6.07, 6.45) is 3.00. The summed E-state index contributed by atoms with van der Waals surface area (Å²) >= 11 is 0. The van der Waals surface area contributed by atoms with Gasteiger partial charge in [0.1, 0.15) is 0 Å². The molecule has 0 aliphatic carbocycles. The number of hydrogen-bond acceptors (Lipinski definition) is 5. The molecule has 1 aromatic heterocycles. The second-order valence-electron chi connectivity index (χ2n) is 7.31. The van der Waals surface area contributed by atoms with Crippen molar-refractivity contribution in [1.82, 2.24) is 9.78 Å². The van der Waals surface area contributed by atoms with E-state index in [1.165, 1.54) is 6.20 Å². The van der Waals surface area contributed by atoms with Crippen molar-refractivity contribution < 1.29 is 19.1 Å². The largest absolute Gasteiger partial charge is 0.454 e. The molecule has 1 N–H and O–H groups in total. The fourth-order valence-corrected chi connectivity index (χ4v) is 3.16. The van der Waals surface area contributed by atoms with Crippen LogP contribution in [0, 0.1) is 0 Å². The van der Waals surface area contributed by atoms with Crippen molar-refractivity contribution in [2.45, 2.75) is 6.54 Å². The van der Waals surface area contributed by atoms with Gasteiger partial charge in [-0.05, 0) is 42.0 Å². The molecular weight excluding hydrogens is 418 g/mol. The maximum Gasteiger partial charge on any atom is 0.341 e. The van der Waals surface area contributed by atoms with Gasteiger partial charge in [-0.2, -0.15) is 5.10 Å². The molecule has 4 aromatic rings. The van der Waals surface area contributed by atoms with E-state index in [1.807, 2.05) is 36.4 Å². The van der Waals surface area contributed by atoms with Crippen molar-refractivity contribution in [3.05, 3.63) is 120 Å². The fraction of sp³-hybridized carbons (Fsp3) is 0.0769. The van der Waals surface area contributed by atoms with Crippen LogP contribution in [0.5, 0.6) is 0 Å². The van der Waals surface area contributed by atoms with Crippen LogP contribution in [0.25, 0.3) is 0 Å². The molecule has 0 aliphatic heterocycles. The molecule has 1 amide bonds. The quantitative estimate of drug-likeness (QED) is 0.328. The number of nitrogens with one attached hydrogen (secondary N) is 1. The summed E-state index contributed by atoms with van der Waals surface area (Å²) < 4.78 is 6.78.